The second-order valence-electron chi connectivity index (χ2n) is 3.78. The summed E-state index contributed by atoms with van der Waals surface area (Å²) in [6.45, 7) is 0. The van der Waals surface area contributed by atoms with E-state index in [1.165, 1.54) is 35.3 Å². The maximum atomic E-state index is 11.1. The summed E-state index contributed by atoms with van der Waals surface area (Å²) in [6, 6.07) is 4.30. The van der Waals surface area contributed by atoms with Gasteiger partial charge in [-0.1, -0.05) is 17.7 Å². The fraction of sp³-hybridized carbons (Fsp3) is 0. The van der Waals surface area contributed by atoms with Gasteiger partial charge in [0, 0.05) is 18.3 Å². The smallest absolute Gasteiger partial charge is 0.328 e. The van der Waals surface area contributed by atoms with E-state index in [0.717, 1.165) is 6.08 Å². The molecule has 0 spiro atoms. The van der Waals surface area contributed by atoms with Crippen molar-refractivity contribution in [3.8, 4) is 5.69 Å². The number of benzene rings is 1. The quantitative estimate of drug-likeness (QED) is 0.530. The second-order valence-corrected chi connectivity index (χ2v) is 4.22. The highest BCUT2D eigenvalue weighted by Crippen LogP contribution is 2.25. The molecule has 0 aliphatic rings. The molecule has 102 valence electrons. The van der Waals surface area contributed by atoms with E-state index in [-0.39, 0.29) is 11.4 Å². The van der Waals surface area contributed by atoms with Gasteiger partial charge in [0.1, 0.15) is 5.69 Å². The van der Waals surface area contributed by atoms with Crippen molar-refractivity contribution < 1.29 is 14.8 Å². The number of aliphatic carboxylic acids is 1. The number of aromatic nitrogens is 2. The number of nitro groups is 1. The molecule has 1 aromatic carbocycles. The van der Waals surface area contributed by atoms with E-state index >= 15 is 0 Å². The van der Waals surface area contributed by atoms with Crippen molar-refractivity contribution in [2.24, 2.45) is 0 Å². The average Bonchev–Trinajstić information content (AvgIpc) is 2.82. The van der Waals surface area contributed by atoms with Gasteiger partial charge in [0.2, 0.25) is 0 Å². The Hall–Kier alpha value is -2.67. The summed E-state index contributed by atoms with van der Waals surface area (Å²) in [5, 5.41) is 23.9. The molecule has 8 heteroatoms. The van der Waals surface area contributed by atoms with Crippen LogP contribution in [0.4, 0.5) is 5.69 Å². The van der Waals surface area contributed by atoms with E-state index in [4.69, 9.17) is 16.7 Å². The SMILES string of the molecule is O=C(O)/C=C/c1ccc(-n2cc(Cl)cn2)c([N+](=O)[O-])c1. The zero-order valence-electron chi connectivity index (χ0n) is 9.93. The normalized spacial score (nSPS) is 10.8. The zero-order valence-corrected chi connectivity index (χ0v) is 10.7. The molecule has 1 aromatic heterocycles. The molecule has 0 aliphatic carbocycles. The molecule has 1 heterocycles. The molecule has 0 unspecified atom stereocenters. The second kappa shape index (κ2) is 5.54. The monoisotopic (exact) mass is 293 g/mol. The topological polar surface area (TPSA) is 98.3 Å². The number of nitrogens with zero attached hydrogens (tertiary/aromatic N) is 3. The minimum absolute atomic E-state index is 0.197. The Kier molecular flexibility index (Phi) is 3.81. The molecular weight excluding hydrogens is 286 g/mol. The van der Waals surface area contributed by atoms with Crippen LogP contribution in [-0.4, -0.2) is 25.8 Å². The van der Waals surface area contributed by atoms with Gasteiger partial charge in [-0.2, -0.15) is 5.10 Å². The Morgan fingerprint density at radius 3 is 2.80 bits per heavy atom. The van der Waals surface area contributed by atoms with Crippen LogP contribution in [0.5, 0.6) is 0 Å². The molecular formula is C12H8ClN3O4. The maximum Gasteiger partial charge on any atom is 0.328 e. The number of halogens is 1. The van der Waals surface area contributed by atoms with Crippen LogP contribution in [0.2, 0.25) is 5.02 Å². The lowest BCUT2D eigenvalue weighted by Crippen LogP contribution is -2.00. The highest BCUT2D eigenvalue weighted by atomic mass is 35.5. The van der Waals surface area contributed by atoms with Crippen LogP contribution < -0.4 is 0 Å². The summed E-state index contributed by atoms with van der Waals surface area (Å²) in [7, 11) is 0. The van der Waals surface area contributed by atoms with Crippen LogP contribution in [0.1, 0.15) is 5.56 Å². The maximum absolute atomic E-state index is 11.1. The summed E-state index contributed by atoms with van der Waals surface area (Å²) in [4.78, 5) is 20.9. The predicted molar refractivity (Wildman–Crippen MR) is 71.9 cm³/mol. The van der Waals surface area contributed by atoms with Crippen LogP contribution in [0.15, 0.2) is 36.7 Å². The van der Waals surface area contributed by atoms with Crippen LogP contribution in [0, 0.1) is 10.1 Å². The van der Waals surface area contributed by atoms with Crippen molar-refractivity contribution in [3.63, 3.8) is 0 Å². The molecule has 0 aliphatic heterocycles. The Labute approximate surface area is 117 Å². The first-order valence-electron chi connectivity index (χ1n) is 5.37. The van der Waals surface area contributed by atoms with E-state index in [0.29, 0.717) is 10.6 Å². The van der Waals surface area contributed by atoms with E-state index < -0.39 is 10.9 Å². The molecule has 20 heavy (non-hydrogen) atoms. The van der Waals surface area contributed by atoms with Gasteiger partial charge in [0.05, 0.1) is 16.1 Å². The van der Waals surface area contributed by atoms with Crippen LogP contribution in [0.3, 0.4) is 0 Å². The van der Waals surface area contributed by atoms with Crippen molar-refractivity contribution >= 4 is 29.3 Å². The Morgan fingerprint density at radius 2 is 2.25 bits per heavy atom. The van der Waals surface area contributed by atoms with Gasteiger partial charge in [-0.05, 0) is 17.7 Å². The van der Waals surface area contributed by atoms with Crippen LogP contribution in [-0.2, 0) is 4.79 Å². The Balaban J connectivity index is 2.49. The van der Waals surface area contributed by atoms with E-state index in [1.807, 2.05) is 0 Å². The molecule has 0 bridgehead atoms. The van der Waals surface area contributed by atoms with E-state index in [1.54, 1.807) is 6.07 Å². The fourth-order valence-corrected chi connectivity index (χ4v) is 1.72. The van der Waals surface area contributed by atoms with Gasteiger partial charge in [-0.25, -0.2) is 9.48 Å². The lowest BCUT2D eigenvalue weighted by Gasteiger charge is -2.03. The number of carboxylic acid groups (broad SMARTS) is 1. The van der Waals surface area contributed by atoms with Crippen LogP contribution in [0.25, 0.3) is 11.8 Å². The molecule has 0 fully saturated rings. The number of carboxylic acids is 1. The molecule has 0 amide bonds. The standard InChI is InChI=1S/C12H8ClN3O4/c13-9-6-14-15(7-9)10-3-1-8(2-4-12(17)18)5-11(10)16(19)20/h1-7H,(H,17,18)/b4-2+. The average molecular weight is 294 g/mol. The first-order valence-corrected chi connectivity index (χ1v) is 5.75. The predicted octanol–water partition coefficient (Wildman–Crippen LogP) is 2.53. The van der Waals surface area contributed by atoms with E-state index in [9.17, 15) is 14.9 Å². The van der Waals surface area contributed by atoms with Crippen LogP contribution >= 0.6 is 11.6 Å². The summed E-state index contributed by atoms with van der Waals surface area (Å²) in [5.74, 6) is -1.13. The third-order valence-corrected chi connectivity index (χ3v) is 2.61. The number of carbonyl (C=O) groups is 1. The highest BCUT2D eigenvalue weighted by molar-refractivity contribution is 6.30. The van der Waals surface area contributed by atoms with Gasteiger partial charge in [-0.3, -0.25) is 10.1 Å². The molecule has 0 atom stereocenters. The zero-order chi connectivity index (χ0) is 14.7. The summed E-state index contributed by atoms with van der Waals surface area (Å²) >= 11 is 5.73. The minimum atomic E-state index is -1.13. The Morgan fingerprint density at radius 1 is 1.50 bits per heavy atom. The third-order valence-electron chi connectivity index (χ3n) is 2.41. The van der Waals surface area contributed by atoms with E-state index in [2.05, 4.69) is 5.10 Å². The largest absolute Gasteiger partial charge is 0.478 e. The first kappa shape index (κ1) is 13.8. The minimum Gasteiger partial charge on any atom is -0.478 e. The van der Waals surface area contributed by atoms with Gasteiger partial charge >= 0.3 is 5.97 Å². The number of nitro benzene ring substituents is 1. The third kappa shape index (κ3) is 3.01. The van der Waals surface area contributed by atoms with Gasteiger partial charge in [0.25, 0.3) is 5.69 Å². The Bertz CT molecular complexity index is 708. The molecule has 2 rings (SSSR count). The van der Waals surface area contributed by atoms with Gasteiger partial charge in [-0.15, -0.1) is 0 Å². The van der Waals surface area contributed by atoms with Crippen molar-refractivity contribution in [2.45, 2.75) is 0 Å². The van der Waals surface area contributed by atoms with Crippen molar-refractivity contribution in [1.82, 2.24) is 9.78 Å². The lowest BCUT2D eigenvalue weighted by molar-refractivity contribution is -0.384. The highest BCUT2D eigenvalue weighted by Gasteiger charge is 2.16. The molecule has 0 radical (unpaired) electrons. The molecule has 7 nitrogen and oxygen atoms in total. The molecule has 0 saturated carbocycles. The summed E-state index contributed by atoms with van der Waals surface area (Å²) < 4.78 is 1.28. The fourth-order valence-electron chi connectivity index (χ4n) is 1.58. The van der Waals surface area contributed by atoms with Gasteiger partial charge in [0.15, 0.2) is 0 Å². The lowest BCUT2D eigenvalue weighted by atomic mass is 10.1. The number of hydrogen-bond donors (Lipinski definition) is 1. The van der Waals surface area contributed by atoms with Crippen molar-refractivity contribution in [1.29, 1.82) is 0 Å². The van der Waals surface area contributed by atoms with Gasteiger partial charge < -0.3 is 5.11 Å². The van der Waals surface area contributed by atoms with Crippen molar-refractivity contribution in [2.75, 3.05) is 0 Å². The molecule has 1 N–H and O–H groups in total. The summed E-state index contributed by atoms with van der Waals surface area (Å²) in [6.07, 6.45) is 4.98. The van der Waals surface area contributed by atoms with Crippen molar-refractivity contribution in [3.05, 3.63) is 57.4 Å². The molecule has 0 saturated heterocycles. The first-order chi connectivity index (χ1) is 9.47. The summed E-state index contributed by atoms with van der Waals surface area (Å²) in [5.41, 5.74) is 0.452. The number of hydrogen-bond acceptors (Lipinski definition) is 4. The number of rotatable bonds is 4. The molecule has 2 aromatic rings.